The lowest BCUT2D eigenvalue weighted by molar-refractivity contribution is -0.104. The van der Waals surface area contributed by atoms with E-state index in [0.29, 0.717) is 17.6 Å². The summed E-state index contributed by atoms with van der Waals surface area (Å²) >= 11 is 0. The first-order valence-electron chi connectivity index (χ1n) is 3.22. The summed E-state index contributed by atoms with van der Waals surface area (Å²) in [5.41, 5.74) is 0.858. The maximum atomic E-state index is 10.2. The second-order valence-electron chi connectivity index (χ2n) is 1.84. The molecule has 0 rings (SSSR count). The van der Waals surface area contributed by atoms with Gasteiger partial charge in [0.15, 0.2) is 6.29 Å². The highest BCUT2D eigenvalue weighted by Crippen LogP contribution is 1.93. The van der Waals surface area contributed by atoms with Crippen molar-refractivity contribution < 1.29 is 4.79 Å². The van der Waals surface area contributed by atoms with E-state index in [1.807, 2.05) is 6.92 Å². The third kappa shape index (κ3) is 3.30. The van der Waals surface area contributed by atoms with E-state index in [0.717, 1.165) is 0 Å². The lowest BCUT2D eigenvalue weighted by Crippen LogP contribution is -1.97. The Bertz CT molecular complexity index is 224. The zero-order valence-corrected chi connectivity index (χ0v) is 6.58. The van der Waals surface area contributed by atoms with Gasteiger partial charge in [0.1, 0.15) is 0 Å². The van der Waals surface area contributed by atoms with E-state index in [1.165, 1.54) is 6.08 Å². The molecule has 2 nitrogen and oxygen atoms in total. The first-order chi connectivity index (χ1) is 5.26. The van der Waals surface area contributed by atoms with Crippen LogP contribution in [0.4, 0.5) is 0 Å². The summed E-state index contributed by atoms with van der Waals surface area (Å²) in [6.45, 7) is 8.83. The molecule has 0 heterocycles. The first kappa shape index (κ1) is 9.56. The van der Waals surface area contributed by atoms with Crippen LogP contribution in [0.1, 0.15) is 6.92 Å². The number of aliphatic imine (C=N–C) groups is 1. The molecular formula is C9H11NO. The summed E-state index contributed by atoms with van der Waals surface area (Å²) in [5.74, 6) is 0. The molecule has 0 bridgehead atoms. The van der Waals surface area contributed by atoms with E-state index in [9.17, 15) is 4.79 Å². The lowest BCUT2D eigenvalue weighted by Gasteiger charge is -1.92. The molecule has 0 fully saturated rings. The lowest BCUT2D eigenvalue weighted by atomic mass is 10.2. The zero-order chi connectivity index (χ0) is 8.69. The molecule has 0 N–H and O–H groups in total. The van der Waals surface area contributed by atoms with Gasteiger partial charge in [-0.2, -0.15) is 0 Å². The Labute approximate surface area is 66.6 Å². The molecular weight excluding hydrogens is 138 g/mol. The molecule has 0 aromatic carbocycles. The highest BCUT2D eigenvalue weighted by molar-refractivity contribution is 6.19. The minimum atomic E-state index is 0.345. The molecule has 0 amide bonds. The summed E-state index contributed by atoms with van der Waals surface area (Å²) in [4.78, 5) is 14.1. The molecule has 0 aliphatic rings. The smallest absolute Gasteiger partial charge is 0.151 e. The van der Waals surface area contributed by atoms with Crippen molar-refractivity contribution in [3.05, 3.63) is 37.1 Å². The Balaban J connectivity index is 4.51. The number of rotatable bonds is 4. The van der Waals surface area contributed by atoms with E-state index >= 15 is 0 Å². The number of carbonyl (C=O) groups is 1. The van der Waals surface area contributed by atoms with Crippen LogP contribution >= 0.6 is 0 Å². The van der Waals surface area contributed by atoms with Crippen LogP contribution in [-0.4, -0.2) is 12.0 Å². The van der Waals surface area contributed by atoms with Crippen LogP contribution in [0.2, 0.25) is 0 Å². The number of hydrogen-bond acceptors (Lipinski definition) is 2. The predicted octanol–water partition coefficient (Wildman–Crippen LogP) is 1.90. The molecule has 0 atom stereocenters. The van der Waals surface area contributed by atoms with Gasteiger partial charge in [0.05, 0.1) is 5.71 Å². The van der Waals surface area contributed by atoms with Crippen LogP contribution < -0.4 is 0 Å². The van der Waals surface area contributed by atoms with Crippen molar-refractivity contribution in [2.75, 3.05) is 0 Å². The van der Waals surface area contributed by atoms with Gasteiger partial charge in [-0.3, -0.25) is 9.79 Å². The molecule has 0 aliphatic heterocycles. The van der Waals surface area contributed by atoms with Crippen LogP contribution in [0.3, 0.4) is 0 Å². The highest BCUT2D eigenvalue weighted by atomic mass is 16.1. The van der Waals surface area contributed by atoms with E-state index in [-0.39, 0.29) is 0 Å². The average molecular weight is 149 g/mol. The summed E-state index contributed by atoms with van der Waals surface area (Å²) in [6.07, 6.45) is 5.51. The minimum Gasteiger partial charge on any atom is -0.298 e. The van der Waals surface area contributed by atoms with E-state index in [1.54, 1.807) is 12.3 Å². The normalized spacial score (nSPS) is 11.5. The molecule has 0 spiro atoms. The zero-order valence-electron chi connectivity index (χ0n) is 6.58. The van der Waals surface area contributed by atoms with Gasteiger partial charge in [-0.05, 0) is 13.0 Å². The largest absolute Gasteiger partial charge is 0.298 e. The van der Waals surface area contributed by atoms with Gasteiger partial charge in [-0.15, -0.1) is 0 Å². The number of allylic oxidation sites excluding steroid dienone is 3. The second kappa shape index (κ2) is 5.35. The van der Waals surface area contributed by atoms with E-state index in [4.69, 9.17) is 0 Å². The quantitative estimate of drug-likeness (QED) is 0.341. The standard InChI is InChI=1S/C9H11NO/c1-4-6-10-9(5-2)8(3)7-11/h4-7H,2-3H2,1H3/b6-4-,10-9?. The summed E-state index contributed by atoms with van der Waals surface area (Å²) in [7, 11) is 0. The van der Waals surface area contributed by atoms with Gasteiger partial charge in [0.2, 0.25) is 0 Å². The molecule has 2 heteroatoms. The Morgan fingerprint density at radius 1 is 1.55 bits per heavy atom. The Morgan fingerprint density at radius 2 is 2.18 bits per heavy atom. The Hall–Kier alpha value is -1.44. The van der Waals surface area contributed by atoms with Crippen molar-refractivity contribution in [1.82, 2.24) is 0 Å². The van der Waals surface area contributed by atoms with Gasteiger partial charge < -0.3 is 0 Å². The maximum absolute atomic E-state index is 10.2. The van der Waals surface area contributed by atoms with Crippen LogP contribution in [0.15, 0.2) is 42.1 Å². The van der Waals surface area contributed by atoms with Crippen LogP contribution in [-0.2, 0) is 4.79 Å². The topological polar surface area (TPSA) is 29.4 Å². The fraction of sp³-hybridized carbons (Fsp3) is 0.111. The highest BCUT2D eigenvalue weighted by Gasteiger charge is 1.95. The molecule has 0 aromatic heterocycles. The molecule has 0 saturated heterocycles. The van der Waals surface area contributed by atoms with E-state index in [2.05, 4.69) is 18.2 Å². The van der Waals surface area contributed by atoms with Gasteiger partial charge in [0.25, 0.3) is 0 Å². The molecule has 58 valence electrons. The van der Waals surface area contributed by atoms with Crippen molar-refractivity contribution >= 4 is 12.0 Å². The minimum absolute atomic E-state index is 0.345. The van der Waals surface area contributed by atoms with Crippen molar-refractivity contribution in [1.29, 1.82) is 0 Å². The Kier molecular flexibility index (Phi) is 4.65. The van der Waals surface area contributed by atoms with Crippen LogP contribution in [0.25, 0.3) is 0 Å². The fourth-order valence-corrected chi connectivity index (χ4v) is 0.482. The third-order valence-electron chi connectivity index (χ3n) is 1.03. The summed E-state index contributed by atoms with van der Waals surface area (Å²) in [5, 5.41) is 0. The molecule has 11 heavy (non-hydrogen) atoms. The van der Waals surface area contributed by atoms with Gasteiger partial charge >= 0.3 is 0 Å². The second-order valence-corrected chi connectivity index (χ2v) is 1.84. The molecule has 0 aromatic rings. The number of nitrogens with zero attached hydrogens (tertiary/aromatic N) is 1. The van der Waals surface area contributed by atoms with E-state index < -0.39 is 0 Å². The number of aldehydes is 1. The fourth-order valence-electron chi connectivity index (χ4n) is 0.482. The molecule has 0 aliphatic carbocycles. The van der Waals surface area contributed by atoms with Crippen LogP contribution in [0, 0.1) is 0 Å². The maximum Gasteiger partial charge on any atom is 0.151 e. The molecule has 0 saturated carbocycles. The van der Waals surface area contributed by atoms with Crippen molar-refractivity contribution in [2.45, 2.75) is 6.92 Å². The van der Waals surface area contributed by atoms with Crippen molar-refractivity contribution in [3.63, 3.8) is 0 Å². The molecule has 0 radical (unpaired) electrons. The monoisotopic (exact) mass is 149 g/mol. The van der Waals surface area contributed by atoms with Crippen molar-refractivity contribution in [2.24, 2.45) is 4.99 Å². The number of hydrogen-bond donors (Lipinski definition) is 0. The van der Waals surface area contributed by atoms with Gasteiger partial charge in [0, 0.05) is 11.8 Å². The number of carbonyl (C=O) groups excluding carboxylic acids is 1. The van der Waals surface area contributed by atoms with Gasteiger partial charge in [-0.25, -0.2) is 0 Å². The average Bonchev–Trinajstić information content (AvgIpc) is 2.05. The summed E-state index contributed by atoms with van der Waals surface area (Å²) in [6, 6.07) is 0. The summed E-state index contributed by atoms with van der Waals surface area (Å²) < 4.78 is 0. The van der Waals surface area contributed by atoms with Gasteiger partial charge in [-0.1, -0.05) is 19.2 Å². The van der Waals surface area contributed by atoms with Crippen molar-refractivity contribution in [3.8, 4) is 0 Å². The van der Waals surface area contributed by atoms with Crippen LogP contribution in [0.5, 0.6) is 0 Å². The SMILES string of the molecule is C=CC(=N/C=C\C)C(=C)C=O. The third-order valence-corrected chi connectivity index (χ3v) is 1.03. The Morgan fingerprint density at radius 3 is 2.55 bits per heavy atom. The first-order valence-corrected chi connectivity index (χ1v) is 3.22. The molecule has 0 unspecified atom stereocenters. The predicted molar refractivity (Wildman–Crippen MR) is 47.7 cm³/mol.